The van der Waals surface area contributed by atoms with Gasteiger partial charge in [-0.05, 0) is 18.6 Å². The molecule has 0 spiro atoms. The molecule has 0 radical (unpaired) electrons. The second-order valence-corrected chi connectivity index (χ2v) is 6.23. The van der Waals surface area contributed by atoms with Crippen molar-refractivity contribution in [1.29, 1.82) is 0 Å². The highest BCUT2D eigenvalue weighted by molar-refractivity contribution is 5.38. The van der Waals surface area contributed by atoms with E-state index in [-0.39, 0.29) is 11.0 Å². The first kappa shape index (κ1) is 14.2. The van der Waals surface area contributed by atoms with Crippen molar-refractivity contribution in [2.45, 2.75) is 39.0 Å². The molecule has 1 aliphatic rings. The van der Waals surface area contributed by atoms with Crippen LogP contribution in [0.15, 0.2) is 35.3 Å². The molecule has 112 valence electrons. The molecule has 2 heterocycles. The smallest absolute Gasteiger partial charge is 0.258 e. The van der Waals surface area contributed by atoms with E-state index >= 15 is 0 Å². The Labute approximate surface area is 124 Å². The van der Waals surface area contributed by atoms with Gasteiger partial charge in [-0.25, -0.2) is 4.98 Å². The number of aromatic nitrogens is 2. The third-order valence-electron chi connectivity index (χ3n) is 4.62. The predicted molar refractivity (Wildman–Crippen MR) is 81.3 cm³/mol. The molecule has 0 aliphatic heterocycles. The van der Waals surface area contributed by atoms with Gasteiger partial charge in [0.1, 0.15) is 5.65 Å². The molecule has 2 aromatic heterocycles. The number of methoxy groups -OCH3 is 1. The van der Waals surface area contributed by atoms with Crippen molar-refractivity contribution in [2.24, 2.45) is 5.41 Å². The van der Waals surface area contributed by atoms with E-state index in [9.17, 15) is 4.79 Å². The quantitative estimate of drug-likeness (QED) is 0.928. The Hall–Kier alpha value is -1.72. The Kier molecular flexibility index (Phi) is 3.55. The van der Waals surface area contributed by atoms with Gasteiger partial charge in [-0.3, -0.25) is 9.20 Å². The van der Waals surface area contributed by atoms with Gasteiger partial charge in [0.2, 0.25) is 0 Å². The Morgan fingerprint density at radius 1 is 1.48 bits per heavy atom. The van der Waals surface area contributed by atoms with Gasteiger partial charge in [0.25, 0.3) is 5.56 Å². The minimum absolute atomic E-state index is 0.0416. The molecule has 5 nitrogen and oxygen atoms in total. The van der Waals surface area contributed by atoms with E-state index in [0.717, 1.165) is 12.1 Å². The third-order valence-corrected chi connectivity index (χ3v) is 4.62. The van der Waals surface area contributed by atoms with Crippen molar-refractivity contribution in [2.75, 3.05) is 7.11 Å². The Morgan fingerprint density at radius 2 is 2.29 bits per heavy atom. The van der Waals surface area contributed by atoms with Crippen LogP contribution in [0.5, 0.6) is 0 Å². The number of hydrogen-bond donors (Lipinski definition) is 1. The van der Waals surface area contributed by atoms with E-state index in [0.29, 0.717) is 24.3 Å². The summed E-state index contributed by atoms with van der Waals surface area (Å²) >= 11 is 0. The average Bonchev–Trinajstić information content (AvgIpc) is 2.46. The summed E-state index contributed by atoms with van der Waals surface area (Å²) < 4.78 is 7.00. The molecule has 0 bridgehead atoms. The topological polar surface area (TPSA) is 55.6 Å². The molecule has 5 heteroatoms. The van der Waals surface area contributed by atoms with Gasteiger partial charge in [0.15, 0.2) is 0 Å². The molecule has 21 heavy (non-hydrogen) atoms. The minimum Gasteiger partial charge on any atom is -0.381 e. The summed E-state index contributed by atoms with van der Waals surface area (Å²) in [5.41, 5.74) is 1.54. The Bertz CT molecular complexity index is 708. The van der Waals surface area contributed by atoms with E-state index < -0.39 is 0 Å². The Morgan fingerprint density at radius 3 is 3.00 bits per heavy atom. The predicted octanol–water partition coefficient (Wildman–Crippen LogP) is 1.60. The van der Waals surface area contributed by atoms with Crippen LogP contribution in [-0.4, -0.2) is 28.6 Å². The molecule has 0 saturated heterocycles. The van der Waals surface area contributed by atoms with Crippen molar-refractivity contribution in [3.05, 3.63) is 46.5 Å². The van der Waals surface area contributed by atoms with Crippen LogP contribution in [0.3, 0.4) is 0 Å². The molecule has 2 aromatic rings. The highest BCUT2D eigenvalue weighted by Crippen LogP contribution is 2.42. The molecule has 1 saturated carbocycles. The van der Waals surface area contributed by atoms with E-state index in [2.05, 4.69) is 24.1 Å². The zero-order valence-corrected chi connectivity index (χ0v) is 12.7. The molecule has 1 fully saturated rings. The lowest BCUT2D eigenvalue weighted by molar-refractivity contribution is -0.0979. The number of ether oxygens (including phenoxy) is 1. The molecule has 1 N–H and O–H groups in total. The molecular formula is C16H21N3O2. The second kappa shape index (κ2) is 5.24. The first-order valence-electron chi connectivity index (χ1n) is 7.26. The maximum absolute atomic E-state index is 12.0. The zero-order valence-electron chi connectivity index (χ0n) is 12.7. The lowest BCUT2D eigenvalue weighted by Gasteiger charge is -2.51. The summed E-state index contributed by atoms with van der Waals surface area (Å²) in [4.78, 5) is 16.6. The summed E-state index contributed by atoms with van der Waals surface area (Å²) in [7, 11) is 1.76. The molecule has 0 amide bonds. The highest BCUT2D eigenvalue weighted by atomic mass is 16.5. The third kappa shape index (κ3) is 2.47. The van der Waals surface area contributed by atoms with Crippen molar-refractivity contribution in [1.82, 2.24) is 14.7 Å². The van der Waals surface area contributed by atoms with Crippen LogP contribution in [0, 0.1) is 5.41 Å². The highest BCUT2D eigenvalue weighted by Gasteiger charge is 2.48. The van der Waals surface area contributed by atoms with Gasteiger partial charge in [-0.15, -0.1) is 0 Å². The fourth-order valence-electron chi connectivity index (χ4n) is 3.05. The molecule has 2 unspecified atom stereocenters. The monoisotopic (exact) mass is 287 g/mol. The van der Waals surface area contributed by atoms with Gasteiger partial charge in [0, 0.05) is 37.4 Å². The van der Waals surface area contributed by atoms with Gasteiger partial charge >= 0.3 is 0 Å². The largest absolute Gasteiger partial charge is 0.381 e. The fraction of sp³-hybridized carbons (Fsp3) is 0.500. The second-order valence-electron chi connectivity index (χ2n) is 6.23. The van der Waals surface area contributed by atoms with Gasteiger partial charge in [-0.2, -0.15) is 0 Å². The molecule has 1 aliphatic carbocycles. The summed E-state index contributed by atoms with van der Waals surface area (Å²) in [6, 6.07) is 7.55. The van der Waals surface area contributed by atoms with E-state index in [1.54, 1.807) is 23.8 Å². The van der Waals surface area contributed by atoms with E-state index in [1.165, 1.54) is 0 Å². The molecule has 2 atom stereocenters. The number of nitrogens with one attached hydrogen (secondary N) is 1. The lowest BCUT2D eigenvalue weighted by Crippen LogP contribution is -2.60. The van der Waals surface area contributed by atoms with Crippen molar-refractivity contribution >= 4 is 5.65 Å². The number of rotatable bonds is 4. The maximum atomic E-state index is 12.0. The van der Waals surface area contributed by atoms with Crippen LogP contribution in [0.2, 0.25) is 0 Å². The number of pyridine rings is 1. The first-order valence-corrected chi connectivity index (χ1v) is 7.26. The summed E-state index contributed by atoms with van der Waals surface area (Å²) in [5, 5.41) is 3.49. The standard InChI is InChI=1S/C16H21N3O2/c1-16(2)12(9-13(16)21-3)17-10-11-8-15(20)19-7-5-4-6-14(19)18-11/h4-8,12-13,17H,9-10H2,1-3H3. The summed E-state index contributed by atoms with van der Waals surface area (Å²) in [6.07, 6.45) is 3.03. The molecular weight excluding hydrogens is 266 g/mol. The molecule has 0 aromatic carbocycles. The summed E-state index contributed by atoms with van der Waals surface area (Å²) in [5.74, 6) is 0. The van der Waals surface area contributed by atoms with Crippen LogP contribution in [0.25, 0.3) is 5.65 Å². The summed E-state index contributed by atoms with van der Waals surface area (Å²) in [6.45, 7) is 5.00. The van der Waals surface area contributed by atoms with Crippen LogP contribution >= 0.6 is 0 Å². The lowest BCUT2D eigenvalue weighted by atomic mass is 9.64. The Balaban J connectivity index is 1.73. The number of fused-ring (bicyclic) bond motifs is 1. The average molecular weight is 287 g/mol. The van der Waals surface area contributed by atoms with E-state index in [1.807, 2.05) is 18.2 Å². The van der Waals surface area contributed by atoms with E-state index in [4.69, 9.17) is 4.74 Å². The van der Waals surface area contributed by atoms with Gasteiger partial charge < -0.3 is 10.1 Å². The van der Waals surface area contributed by atoms with Crippen LogP contribution < -0.4 is 10.9 Å². The van der Waals surface area contributed by atoms with Crippen molar-refractivity contribution in [3.63, 3.8) is 0 Å². The van der Waals surface area contributed by atoms with Crippen LogP contribution in [0.4, 0.5) is 0 Å². The van der Waals surface area contributed by atoms with Crippen molar-refractivity contribution in [3.8, 4) is 0 Å². The number of hydrogen-bond acceptors (Lipinski definition) is 4. The maximum Gasteiger partial charge on any atom is 0.258 e. The van der Waals surface area contributed by atoms with Crippen LogP contribution in [-0.2, 0) is 11.3 Å². The molecule has 3 rings (SSSR count). The SMILES string of the molecule is COC1CC(NCc2cc(=O)n3ccccc3n2)C1(C)C. The van der Waals surface area contributed by atoms with Crippen LogP contribution in [0.1, 0.15) is 26.0 Å². The fourth-order valence-corrected chi connectivity index (χ4v) is 3.05. The number of nitrogens with zero attached hydrogens (tertiary/aromatic N) is 2. The van der Waals surface area contributed by atoms with Crippen molar-refractivity contribution < 1.29 is 4.74 Å². The normalized spacial score (nSPS) is 24.0. The van der Waals surface area contributed by atoms with Gasteiger partial charge in [0.05, 0.1) is 11.8 Å². The minimum atomic E-state index is -0.0416. The first-order chi connectivity index (χ1) is 10.0. The zero-order chi connectivity index (χ0) is 15.0. The van der Waals surface area contributed by atoms with Gasteiger partial charge in [-0.1, -0.05) is 19.9 Å².